The number of hydrogen-bond donors (Lipinski definition) is 2. The molecule has 0 fully saturated rings. The normalized spacial score (nSPS) is 10.2. The summed E-state index contributed by atoms with van der Waals surface area (Å²) in [7, 11) is 3.21. The number of rotatable bonds is 7. The van der Waals surface area contributed by atoms with Crippen LogP contribution in [-0.4, -0.2) is 25.1 Å². The molecule has 0 saturated heterocycles. The topological polar surface area (TPSA) is 72.5 Å². The SMILES string of the molecule is COc1ccc(Nc2ccc(NC(=O)Cc3cccc(C)c3)nc2)c(OC)c1. The average Bonchev–Trinajstić information content (AvgIpc) is 2.69. The molecule has 28 heavy (non-hydrogen) atoms. The van der Waals surface area contributed by atoms with E-state index in [0.29, 0.717) is 23.7 Å². The van der Waals surface area contributed by atoms with E-state index in [4.69, 9.17) is 9.47 Å². The lowest BCUT2D eigenvalue weighted by Crippen LogP contribution is -2.15. The highest BCUT2D eigenvalue weighted by atomic mass is 16.5. The van der Waals surface area contributed by atoms with E-state index in [-0.39, 0.29) is 5.91 Å². The van der Waals surface area contributed by atoms with Crippen molar-refractivity contribution in [3.8, 4) is 11.5 Å². The summed E-state index contributed by atoms with van der Waals surface area (Å²) in [6, 6.07) is 17.0. The Bertz CT molecular complexity index is 955. The van der Waals surface area contributed by atoms with Crippen molar-refractivity contribution in [1.29, 1.82) is 0 Å². The van der Waals surface area contributed by atoms with Gasteiger partial charge in [-0.3, -0.25) is 4.79 Å². The van der Waals surface area contributed by atoms with Crippen LogP contribution >= 0.6 is 0 Å². The lowest BCUT2D eigenvalue weighted by molar-refractivity contribution is -0.115. The molecule has 0 radical (unpaired) electrons. The lowest BCUT2D eigenvalue weighted by atomic mass is 10.1. The molecule has 3 aromatic rings. The van der Waals surface area contributed by atoms with Gasteiger partial charge in [0.2, 0.25) is 5.91 Å². The van der Waals surface area contributed by atoms with Crippen LogP contribution in [0.4, 0.5) is 17.2 Å². The number of aromatic nitrogens is 1. The number of ether oxygens (including phenoxy) is 2. The van der Waals surface area contributed by atoms with E-state index in [2.05, 4.69) is 15.6 Å². The summed E-state index contributed by atoms with van der Waals surface area (Å²) in [6.07, 6.45) is 1.97. The third-order valence-electron chi connectivity index (χ3n) is 4.17. The Morgan fingerprint density at radius 2 is 1.89 bits per heavy atom. The Kier molecular flexibility index (Phi) is 6.11. The Morgan fingerprint density at radius 1 is 1.04 bits per heavy atom. The second-order valence-corrected chi connectivity index (χ2v) is 6.34. The first kappa shape index (κ1) is 19.2. The van der Waals surface area contributed by atoms with Gasteiger partial charge in [-0.25, -0.2) is 4.98 Å². The van der Waals surface area contributed by atoms with Crippen LogP contribution in [0.25, 0.3) is 0 Å². The molecule has 2 N–H and O–H groups in total. The maximum absolute atomic E-state index is 12.2. The van der Waals surface area contributed by atoms with Gasteiger partial charge in [-0.2, -0.15) is 0 Å². The monoisotopic (exact) mass is 377 g/mol. The number of carbonyl (C=O) groups excluding carboxylic acids is 1. The van der Waals surface area contributed by atoms with Crippen LogP contribution in [0.15, 0.2) is 60.8 Å². The van der Waals surface area contributed by atoms with E-state index in [1.165, 1.54) is 0 Å². The average molecular weight is 377 g/mol. The third-order valence-corrected chi connectivity index (χ3v) is 4.17. The first-order valence-corrected chi connectivity index (χ1v) is 8.88. The molecule has 6 nitrogen and oxygen atoms in total. The zero-order valence-corrected chi connectivity index (χ0v) is 16.2. The van der Waals surface area contributed by atoms with Gasteiger partial charge >= 0.3 is 0 Å². The fraction of sp³-hybridized carbons (Fsp3) is 0.182. The van der Waals surface area contributed by atoms with Gasteiger partial charge in [-0.1, -0.05) is 29.8 Å². The van der Waals surface area contributed by atoms with Crippen LogP contribution in [-0.2, 0) is 11.2 Å². The predicted octanol–water partition coefficient (Wildman–Crippen LogP) is 4.33. The number of pyridine rings is 1. The molecule has 0 atom stereocenters. The Morgan fingerprint density at radius 3 is 2.57 bits per heavy atom. The summed E-state index contributed by atoms with van der Waals surface area (Å²) in [5.74, 6) is 1.78. The molecule has 0 aliphatic carbocycles. The molecule has 3 rings (SSSR count). The van der Waals surface area contributed by atoms with Crippen molar-refractivity contribution in [1.82, 2.24) is 4.98 Å². The predicted molar refractivity (Wildman–Crippen MR) is 111 cm³/mol. The number of benzene rings is 2. The fourth-order valence-corrected chi connectivity index (χ4v) is 2.79. The maximum Gasteiger partial charge on any atom is 0.229 e. The van der Waals surface area contributed by atoms with Gasteiger partial charge in [0.15, 0.2) is 0 Å². The van der Waals surface area contributed by atoms with Crippen molar-refractivity contribution < 1.29 is 14.3 Å². The van der Waals surface area contributed by atoms with Gasteiger partial charge in [-0.15, -0.1) is 0 Å². The molecule has 6 heteroatoms. The van der Waals surface area contributed by atoms with Crippen molar-refractivity contribution in [2.75, 3.05) is 24.9 Å². The number of anilines is 3. The smallest absolute Gasteiger partial charge is 0.229 e. The minimum absolute atomic E-state index is 0.101. The van der Waals surface area contributed by atoms with Crippen molar-refractivity contribution in [2.24, 2.45) is 0 Å². The second kappa shape index (κ2) is 8.90. The lowest BCUT2D eigenvalue weighted by Gasteiger charge is -2.12. The quantitative estimate of drug-likeness (QED) is 0.641. The standard InChI is InChI=1S/C22H23N3O3/c1-15-5-4-6-16(11-15)12-22(26)25-21-10-7-17(14-23-21)24-19-9-8-18(27-2)13-20(19)28-3/h4-11,13-14,24H,12H2,1-3H3,(H,23,25,26). The van der Waals surface area contributed by atoms with Crippen LogP contribution in [0.2, 0.25) is 0 Å². The van der Waals surface area contributed by atoms with Crippen LogP contribution in [0, 0.1) is 6.92 Å². The molecule has 1 amide bonds. The number of amides is 1. The van der Waals surface area contributed by atoms with E-state index in [9.17, 15) is 4.79 Å². The third kappa shape index (κ3) is 5.01. The van der Waals surface area contributed by atoms with Crippen molar-refractivity contribution >= 4 is 23.1 Å². The van der Waals surface area contributed by atoms with Crippen LogP contribution in [0.5, 0.6) is 11.5 Å². The van der Waals surface area contributed by atoms with Crippen molar-refractivity contribution in [3.63, 3.8) is 0 Å². The van der Waals surface area contributed by atoms with Crippen LogP contribution < -0.4 is 20.1 Å². The van der Waals surface area contributed by atoms with Crippen LogP contribution in [0.3, 0.4) is 0 Å². The van der Waals surface area contributed by atoms with Gasteiger partial charge in [0.25, 0.3) is 0 Å². The van der Waals surface area contributed by atoms with E-state index >= 15 is 0 Å². The molecule has 0 aliphatic rings. The molecular weight excluding hydrogens is 354 g/mol. The van der Waals surface area contributed by atoms with E-state index in [1.54, 1.807) is 32.5 Å². The Balaban J connectivity index is 1.63. The molecule has 1 heterocycles. The highest BCUT2D eigenvalue weighted by molar-refractivity contribution is 5.91. The van der Waals surface area contributed by atoms with Gasteiger partial charge in [0, 0.05) is 6.07 Å². The number of methoxy groups -OCH3 is 2. The molecule has 0 spiro atoms. The summed E-state index contributed by atoms with van der Waals surface area (Å²) in [5, 5.41) is 6.07. The Hall–Kier alpha value is -3.54. The maximum atomic E-state index is 12.2. The van der Waals surface area contributed by atoms with E-state index < -0.39 is 0 Å². The second-order valence-electron chi connectivity index (χ2n) is 6.34. The number of nitrogens with one attached hydrogen (secondary N) is 2. The molecule has 2 aromatic carbocycles. The fourth-order valence-electron chi connectivity index (χ4n) is 2.79. The highest BCUT2D eigenvalue weighted by Gasteiger charge is 2.08. The van der Waals surface area contributed by atoms with Crippen molar-refractivity contribution in [2.45, 2.75) is 13.3 Å². The highest BCUT2D eigenvalue weighted by Crippen LogP contribution is 2.31. The summed E-state index contributed by atoms with van der Waals surface area (Å²) in [6.45, 7) is 2.01. The minimum Gasteiger partial charge on any atom is -0.497 e. The molecular formula is C22H23N3O3. The van der Waals surface area contributed by atoms with Crippen molar-refractivity contribution in [3.05, 3.63) is 71.9 Å². The number of nitrogens with zero attached hydrogens (tertiary/aromatic N) is 1. The Labute approximate surface area is 164 Å². The summed E-state index contributed by atoms with van der Waals surface area (Å²) in [4.78, 5) is 16.5. The van der Waals surface area contributed by atoms with Crippen LogP contribution in [0.1, 0.15) is 11.1 Å². The number of hydrogen-bond acceptors (Lipinski definition) is 5. The number of carbonyl (C=O) groups is 1. The van der Waals surface area contributed by atoms with E-state index in [0.717, 1.165) is 22.5 Å². The number of aryl methyl sites for hydroxylation is 1. The van der Waals surface area contributed by atoms with E-state index in [1.807, 2.05) is 49.4 Å². The van der Waals surface area contributed by atoms with Gasteiger partial charge in [0.05, 0.1) is 38.2 Å². The zero-order valence-electron chi connectivity index (χ0n) is 16.2. The van der Waals surface area contributed by atoms with Gasteiger partial charge in [0.1, 0.15) is 17.3 Å². The molecule has 0 unspecified atom stereocenters. The molecule has 0 aliphatic heterocycles. The summed E-state index contributed by atoms with van der Waals surface area (Å²) in [5.41, 5.74) is 3.68. The molecule has 0 saturated carbocycles. The largest absolute Gasteiger partial charge is 0.497 e. The first-order chi connectivity index (χ1) is 13.6. The van der Waals surface area contributed by atoms with Gasteiger partial charge < -0.3 is 20.1 Å². The minimum atomic E-state index is -0.101. The first-order valence-electron chi connectivity index (χ1n) is 8.88. The molecule has 1 aromatic heterocycles. The zero-order chi connectivity index (χ0) is 19.9. The summed E-state index contributed by atoms with van der Waals surface area (Å²) >= 11 is 0. The molecule has 144 valence electrons. The summed E-state index contributed by atoms with van der Waals surface area (Å²) < 4.78 is 10.6. The molecule has 0 bridgehead atoms. The van der Waals surface area contributed by atoms with Gasteiger partial charge in [-0.05, 0) is 36.8 Å².